The second-order valence-corrected chi connectivity index (χ2v) is 8.05. The molecule has 0 atom stereocenters. The summed E-state index contributed by atoms with van der Waals surface area (Å²) in [5, 5.41) is 14.6. The molecule has 1 fully saturated rings. The Bertz CT molecular complexity index is 1030. The van der Waals surface area contributed by atoms with Crippen molar-refractivity contribution >= 4 is 16.9 Å². The Labute approximate surface area is 170 Å². The van der Waals surface area contributed by atoms with Crippen LogP contribution in [0.25, 0.3) is 10.9 Å². The molecule has 29 heavy (non-hydrogen) atoms. The third-order valence-electron chi connectivity index (χ3n) is 5.99. The Balaban J connectivity index is 1.78. The van der Waals surface area contributed by atoms with E-state index in [0.29, 0.717) is 18.2 Å². The molecule has 1 saturated carbocycles. The van der Waals surface area contributed by atoms with E-state index in [1.165, 1.54) is 25.3 Å². The average Bonchev–Trinajstić information content (AvgIpc) is 3.01. The Morgan fingerprint density at radius 2 is 1.93 bits per heavy atom. The number of aromatic nitrogens is 1. The van der Waals surface area contributed by atoms with Gasteiger partial charge >= 0.3 is 5.97 Å². The van der Waals surface area contributed by atoms with Gasteiger partial charge in [-0.25, -0.2) is 9.18 Å². The lowest BCUT2D eigenvalue weighted by Gasteiger charge is -2.23. The van der Waals surface area contributed by atoms with E-state index >= 15 is 0 Å². The smallest absolute Gasteiger partial charge is 0.352 e. The molecule has 0 aliphatic heterocycles. The predicted molar refractivity (Wildman–Crippen MR) is 113 cm³/mol. The highest BCUT2D eigenvalue weighted by Crippen LogP contribution is 2.29. The first-order valence-electron chi connectivity index (χ1n) is 10.4. The zero-order valence-corrected chi connectivity index (χ0v) is 16.7. The standard InChI is InChI=1S/C24H27FN2O2/c1-16-11-12-19-20(14-26-18-8-3-2-4-9-18)23(24(28)29)27(22(19)13-16)15-17-7-5-6-10-21(17)25/h5-7,10-13,18,26H,2-4,8-9,14-15H2,1H3,(H,28,29). The number of halogens is 1. The van der Waals surface area contributed by atoms with Crippen LogP contribution in [0.1, 0.15) is 59.3 Å². The van der Waals surface area contributed by atoms with Crippen molar-refractivity contribution in [3.63, 3.8) is 0 Å². The molecule has 2 aromatic carbocycles. The van der Waals surface area contributed by atoms with Crippen LogP contribution in [0.2, 0.25) is 0 Å². The Hall–Kier alpha value is -2.66. The number of nitrogens with zero attached hydrogens (tertiary/aromatic N) is 1. The number of carboxylic acid groups (broad SMARTS) is 1. The molecule has 2 N–H and O–H groups in total. The maximum atomic E-state index is 14.3. The first-order valence-corrected chi connectivity index (χ1v) is 10.4. The fraction of sp³-hybridized carbons (Fsp3) is 0.375. The highest BCUT2D eigenvalue weighted by molar-refractivity contribution is 5.98. The molecule has 0 radical (unpaired) electrons. The number of benzene rings is 2. The normalized spacial score (nSPS) is 15.1. The van der Waals surface area contributed by atoms with Gasteiger partial charge in [0, 0.05) is 34.6 Å². The van der Waals surface area contributed by atoms with Crippen LogP contribution in [0.5, 0.6) is 0 Å². The van der Waals surface area contributed by atoms with Gasteiger partial charge in [0.2, 0.25) is 0 Å². The van der Waals surface area contributed by atoms with E-state index in [1.54, 1.807) is 22.8 Å². The van der Waals surface area contributed by atoms with Crippen LogP contribution in [0.4, 0.5) is 4.39 Å². The van der Waals surface area contributed by atoms with Gasteiger partial charge in [0.05, 0.1) is 6.54 Å². The second kappa shape index (κ2) is 8.37. The fourth-order valence-electron chi connectivity index (χ4n) is 4.47. The van der Waals surface area contributed by atoms with E-state index in [2.05, 4.69) is 5.32 Å². The topological polar surface area (TPSA) is 54.3 Å². The summed E-state index contributed by atoms with van der Waals surface area (Å²) in [6, 6.07) is 13.0. The van der Waals surface area contributed by atoms with Gasteiger partial charge in [-0.1, -0.05) is 49.6 Å². The molecule has 1 heterocycles. The SMILES string of the molecule is Cc1ccc2c(CNC3CCCCC3)c(C(=O)O)n(Cc3ccccc3F)c2c1. The maximum absolute atomic E-state index is 14.3. The predicted octanol–water partition coefficient (Wildman–Crippen LogP) is 5.26. The number of fused-ring (bicyclic) bond motifs is 1. The molecular weight excluding hydrogens is 367 g/mol. The number of aryl methyl sites for hydroxylation is 1. The minimum Gasteiger partial charge on any atom is -0.477 e. The largest absolute Gasteiger partial charge is 0.477 e. The summed E-state index contributed by atoms with van der Waals surface area (Å²) in [6.45, 7) is 2.69. The highest BCUT2D eigenvalue weighted by atomic mass is 19.1. The third-order valence-corrected chi connectivity index (χ3v) is 5.99. The van der Waals surface area contributed by atoms with Crippen LogP contribution in [0.3, 0.4) is 0 Å². The number of carboxylic acids is 1. The van der Waals surface area contributed by atoms with E-state index in [9.17, 15) is 14.3 Å². The van der Waals surface area contributed by atoms with E-state index in [1.807, 2.05) is 25.1 Å². The molecule has 1 aromatic heterocycles. The van der Waals surface area contributed by atoms with Crippen LogP contribution in [0.15, 0.2) is 42.5 Å². The van der Waals surface area contributed by atoms with E-state index in [-0.39, 0.29) is 18.1 Å². The number of nitrogens with one attached hydrogen (secondary N) is 1. The van der Waals surface area contributed by atoms with Gasteiger partial charge in [-0.15, -0.1) is 0 Å². The van der Waals surface area contributed by atoms with Crippen molar-refractivity contribution in [3.05, 3.63) is 70.7 Å². The molecule has 4 nitrogen and oxygen atoms in total. The van der Waals surface area contributed by atoms with E-state index < -0.39 is 5.97 Å². The summed E-state index contributed by atoms with van der Waals surface area (Å²) >= 11 is 0. The maximum Gasteiger partial charge on any atom is 0.352 e. The summed E-state index contributed by atoms with van der Waals surface area (Å²) in [5.41, 5.74) is 3.41. The van der Waals surface area contributed by atoms with Crippen molar-refractivity contribution in [1.82, 2.24) is 9.88 Å². The zero-order valence-electron chi connectivity index (χ0n) is 16.7. The molecule has 1 aliphatic rings. The van der Waals surface area contributed by atoms with Gasteiger partial charge in [-0.3, -0.25) is 0 Å². The first-order chi connectivity index (χ1) is 14.0. The van der Waals surface area contributed by atoms with Crippen molar-refractivity contribution in [2.45, 2.75) is 58.2 Å². The molecule has 4 rings (SSSR count). The number of hydrogen-bond donors (Lipinski definition) is 2. The van der Waals surface area contributed by atoms with Crippen molar-refractivity contribution in [2.24, 2.45) is 0 Å². The third kappa shape index (κ3) is 4.06. The molecule has 0 unspecified atom stereocenters. The van der Waals surface area contributed by atoms with Crippen LogP contribution in [-0.2, 0) is 13.1 Å². The van der Waals surface area contributed by atoms with Gasteiger partial charge in [-0.2, -0.15) is 0 Å². The summed E-state index contributed by atoms with van der Waals surface area (Å²) < 4.78 is 16.1. The van der Waals surface area contributed by atoms with Crippen LogP contribution >= 0.6 is 0 Å². The molecule has 1 aliphatic carbocycles. The molecule has 3 aromatic rings. The lowest BCUT2D eigenvalue weighted by molar-refractivity contribution is 0.0684. The van der Waals surface area contributed by atoms with Gasteiger partial charge in [0.25, 0.3) is 0 Å². The quantitative estimate of drug-likeness (QED) is 0.600. The average molecular weight is 394 g/mol. The minimum absolute atomic E-state index is 0.192. The van der Waals surface area contributed by atoms with Crippen molar-refractivity contribution in [3.8, 4) is 0 Å². The zero-order chi connectivity index (χ0) is 20.4. The highest BCUT2D eigenvalue weighted by Gasteiger charge is 2.24. The summed E-state index contributed by atoms with van der Waals surface area (Å²) in [4.78, 5) is 12.3. The van der Waals surface area contributed by atoms with E-state index in [0.717, 1.165) is 34.9 Å². The van der Waals surface area contributed by atoms with Crippen molar-refractivity contribution in [2.75, 3.05) is 0 Å². The molecule has 0 bridgehead atoms. The number of rotatable bonds is 6. The lowest BCUT2D eigenvalue weighted by atomic mass is 9.95. The Kier molecular flexibility index (Phi) is 5.67. The van der Waals surface area contributed by atoms with Crippen LogP contribution in [-0.4, -0.2) is 21.7 Å². The molecule has 0 spiro atoms. The summed E-state index contributed by atoms with van der Waals surface area (Å²) in [5.74, 6) is -1.30. The molecular formula is C24H27FN2O2. The number of carbonyl (C=O) groups is 1. The van der Waals surface area contributed by atoms with Gasteiger partial charge in [0.15, 0.2) is 0 Å². The Morgan fingerprint density at radius 3 is 2.66 bits per heavy atom. The van der Waals surface area contributed by atoms with Gasteiger partial charge in [-0.05, 0) is 37.5 Å². The van der Waals surface area contributed by atoms with Crippen molar-refractivity contribution < 1.29 is 14.3 Å². The van der Waals surface area contributed by atoms with Crippen molar-refractivity contribution in [1.29, 1.82) is 0 Å². The summed E-state index contributed by atoms with van der Waals surface area (Å²) in [7, 11) is 0. The lowest BCUT2D eigenvalue weighted by Crippen LogP contribution is -2.31. The second-order valence-electron chi connectivity index (χ2n) is 8.05. The van der Waals surface area contributed by atoms with Gasteiger partial charge < -0.3 is 15.0 Å². The number of aromatic carboxylic acids is 1. The van der Waals surface area contributed by atoms with E-state index in [4.69, 9.17) is 0 Å². The monoisotopic (exact) mass is 394 g/mol. The number of hydrogen-bond acceptors (Lipinski definition) is 2. The molecule has 0 saturated heterocycles. The molecule has 5 heteroatoms. The van der Waals surface area contributed by atoms with Gasteiger partial charge in [0.1, 0.15) is 11.5 Å². The fourth-order valence-corrected chi connectivity index (χ4v) is 4.47. The van der Waals surface area contributed by atoms with Crippen LogP contribution < -0.4 is 5.32 Å². The first kappa shape index (κ1) is 19.6. The molecule has 152 valence electrons. The van der Waals surface area contributed by atoms with Crippen LogP contribution in [0, 0.1) is 12.7 Å². The summed E-state index contributed by atoms with van der Waals surface area (Å²) in [6.07, 6.45) is 5.99. The molecule has 0 amide bonds. The Morgan fingerprint density at radius 1 is 1.17 bits per heavy atom. The minimum atomic E-state index is -0.976.